The summed E-state index contributed by atoms with van der Waals surface area (Å²) >= 11 is 0. The van der Waals surface area contributed by atoms with E-state index < -0.39 is 5.60 Å². The Morgan fingerprint density at radius 2 is 2.06 bits per heavy atom. The molecule has 0 N–H and O–H groups in total. The Labute approximate surface area is 103 Å². The second kappa shape index (κ2) is 4.21. The molecule has 3 atom stereocenters. The molecule has 2 aliphatic rings. The Morgan fingerprint density at radius 3 is 2.65 bits per heavy atom. The van der Waals surface area contributed by atoms with Gasteiger partial charge in [0.25, 0.3) is 0 Å². The molecule has 0 radical (unpaired) electrons. The number of hydrogen-bond donors (Lipinski definition) is 0. The number of carbonyl (C=O) groups is 1. The van der Waals surface area contributed by atoms with Crippen molar-refractivity contribution >= 4 is 6.09 Å². The van der Waals surface area contributed by atoms with Crippen LogP contribution in [0.15, 0.2) is 0 Å². The van der Waals surface area contributed by atoms with Crippen LogP contribution in [0.4, 0.5) is 4.79 Å². The van der Waals surface area contributed by atoms with E-state index in [-0.39, 0.29) is 18.1 Å². The minimum Gasteiger partial charge on any atom is -0.444 e. The molecule has 17 heavy (non-hydrogen) atoms. The van der Waals surface area contributed by atoms with Crippen molar-refractivity contribution in [3.63, 3.8) is 0 Å². The first-order valence-electron chi connectivity index (χ1n) is 6.31. The van der Waals surface area contributed by atoms with Crippen molar-refractivity contribution in [2.24, 2.45) is 11.8 Å². The van der Waals surface area contributed by atoms with Gasteiger partial charge < -0.3 is 9.64 Å². The van der Waals surface area contributed by atoms with Crippen molar-refractivity contribution in [3.05, 3.63) is 0 Å². The van der Waals surface area contributed by atoms with Crippen molar-refractivity contribution < 1.29 is 9.53 Å². The summed E-state index contributed by atoms with van der Waals surface area (Å²) in [6.45, 7) is 6.38. The Bertz CT molecular complexity index is 353. The fraction of sp³-hybridized carbons (Fsp3) is 0.846. The van der Waals surface area contributed by atoms with Crippen molar-refractivity contribution in [1.29, 1.82) is 5.26 Å². The molecule has 0 spiro atoms. The fourth-order valence-electron chi connectivity index (χ4n) is 2.99. The van der Waals surface area contributed by atoms with Gasteiger partial charge in [-0.3, -0.25) is 0 Å². The lowest BCUT2D eigenvalue weighted by Crippen LogP contribution is -2.40. The standard InChI is InChI=1S/C13H20N2O2/c1-13(2,3)17-12(16)15-7-6-10-9(8-14)4-5-11(10)15/h9-11H,4-7H2,1-3H3. The molecule has 1 aliphatic heterocycles. The third-order valence-corrected chi connectivity index (χ3v) is 3.68. The van der Waals surface area contributed by atoms with Gasteiger partial charge in [0.05, 0.1) is 12.0 Å². The summed E-state index contributed by atoms with van der Waals surface area (Å²) in [5, 5.41) is 9.04. The van der Waals surface area contributed by atoms with E-state index in [9.17, 15) is 4.79 Å². The normalized spacial score (nSPS) is 32.1. The molecule has 3 unspecified atom stereocenters. The van der Waals surface area contributed by atoms with Crippen LogP contribution in [0.3, 0.4) is 0 Å². The van der Waals surface area contributed by atoms with E-state index in [2.05, 4.69) is 6.07 Å². The molecule has 1 heterocycles. The predicted molar refractivity (Wildman–Crippen MR) is 63.2 cm³/mol. The first kappa shape index (κ1) is 12.2. The van der Waals surface area contributed by atoms with Crippen LogP contribution < -0.4 is 0 Å². The largest absolute Gasteiger partial charge is 0.444 e. The predicted octanol–water partition coefficient (Wildman–Crippen LogP) is 2.55. The van der Waals surface area contributed by atoms with E-state index in [1.165, 1.54) is 0 Å². The van der Waals surface area contributed by atoms with E-state index in [4.69, 9.17) is 10.00 Å². The number of fused-ring (bicyclic) bond motifs is 1. The highest BCUT2D eigenvalue weighted by atomic mass is 16.6. The van der Waals surface area contributed by atoms with Crippen LogP contribution in [0.25, 0.3) is 0 Å². The molecule has 2 fully saturated rings. The number of carbonyl (C=O) groups excluding carboxylic acids is 1. The second-order valence-electron chi connectivity index (χ2n) is 6.01. The quantitative estimate of drug-likeness (QED) is 0.649. The molecule has 4 heteroatoms. The summed E-state index contributed by atoms with van der Waals surface area (Å²) < 4.78 is 5.40. The molecule has 94 valence electrons. The summed E-state index contributed by atoms with van der Waals surface area (Å²) in [6.07, 6.45) is 2.60. The molecule has 1 saturated carbocycles. The smallest absolute Gasteiger partial charge is 0.410 e. The zero-order valence-electron chi connectivity index (χ0n) is 10.8. The monoisotopic (exact) mass is 236 g/mol. The highest BCUT2D eigenvalue weighted by Gasteiger charge is 2.46. The molecule has 0 aromatic rings. The zero-order chi connectivity index (χ0) is 12.6. The minimum atomic E-state index is -0.442. The Hall–Kier alpha value is -1.24. The third kappa shape index (κ3) is 2.38. The van der Waals surface area contributed by atoms with Gasteiger partial charge in [-0.05, 0) is 46.0 Å². The minimum absolute atomic E-state index is 0.132. The van der Waals surface area contributed by atoms with E-state index in [1.807, 2.05) is 25.7 Å². The van der Waals surface area contributed by atoms with Gasteiger partial charge in [0.2, 0.25) is 0 Å². The van der Waals surface area contributed by atoms with Gasteiger partial charge in [0.1, 0.15) is 5.60 Å². The van der Waals surface area contributed by atoms with Crippen molar-refractivity contribution in [2.45, 2.75) is 51.7 Å². The summed E-state index contributed by atoms with van der Waals surface area (Å²) in [4.78, 5) is 13.8. The van der Waals surface area contributed by atoms with Crippen molar-refractivity contribution in [2.75, 3.05) is 6.54 Å². The van der Waals surface area contributed by atoms with E-state index in [0.29, 0.717) is 5.92 Å². The average Bonchev–Trinajstić information content (AvgIpc) is 2.73. The van der Waals surface area contributed by atoms with Gasteiger partial charge in [-0.15, -0.1) is 0 Å². The summed E-state index contributed by atoms with van der Waals surface area (Å²) in [5.74, 6) is 0.500. The van der Waals surface area contributed by atoms with E-state index in [0.717, 1.165) is 25.8 Å². The van der Waals surface area contributed by atoms with E-state index in [1.54, 1.807) is 0 Å². The van der Waals surface area contributed by atoms with Gasteiger partial charge in [-0.1, -0.05) is 0 Å². The summed E-state index contributed by atoms with van der Waals surface area (Å²) in [5.41, 5.74) is -0.442. The van der Waals surface area contributed by atoms with Crippen molar-refractivity contribution in [1.82, 2.24) is 4.90 Å². The van der Waals surface area contributed by atoms with Gasteiger partial charge in [0.15, 0.2) is 0 Å². The number of ether oxygens (including phenoxy) is 1. The summed E-state index contributed by atoms with van der Waals surface area (Å²) in [7, 11) is 0. The number of amides is 1. The molecular weight excluding hydrogens is 216 g/mol. The first-order chi connectivity index (χ1) is 7.92. The fourth-order valence-corrected chi connectivity index (χ4v) is 2.99. The molecule has 1 saturated heterocycles. The van der Waals surface area contributed by atoms with Crippen LogP contribution in [-0.4, -0.2) is 29.2 Å². The van der Waals surface area contributed by atoms with Crippen LogP contribution in [0.2, 0.25) is 0 Å². The topological polar surface area (TPSA) is 53.3 Å². The number of nitrogens with zero attached hydrogens (tertiary/aromatic N) is 2. The molecule has 2 rings (SSSR count). The van der Waals surface area contributed by atoms with Crippen LogP contribution >= 0.6 is 0 Å². The molecule has 0 bridgehead atoms. The molecular formula is C13H20N2O2. The highest BCUT2D eigenvalue weighted by molar-refractivity contribution is 5.69. The van der Waals surface area contributed by atoms with Crippen molar-refractivity contribution in [3.8, 4) is 6.07 Å². The van der Waals surface area contributed by atoms with E-state index >= 15 is 0 Å². The van der Waals surface area contributed by atoms with Gasteiger partial charge in [-0.2, -0.15) is 5.26 Å². The number of rotatable bonds is 0. The number of likely N-dealkylation sites (tertiary alicyclic amines) is 1. The Balaban J connectivity index is 2.01. The Kier molecular flexibility index (Phi) is 3.03. The maximum atomic E-state index is 12.0. The van der Waals surface area contributed by atoms with Gasteiger partial charge in [0, 0.05) is 12.6 Å². The van der Waals surface area contributed by atoms with Crippen LogP contribution in [0.1, 0.15) is 40.0 Å². The molecule has 1 aliphatic carbocycles. The maximum absolute atomic E-state index is 12.0. The summed E-state index contributed by atoms with van der Waals surface area (Å²) in [6, 6.07) is 2.60. The third-order valence-electron chi connectivity index (χ3n) is 3.68. The molecule has 0 aromatic carbocycles. The highest BCUT2D eigenvalue weighted by Crippen LogP contribution is 2.42. The van der Waals surface area contributed by atoms with Crippen LogP contribution in [-0.2, 0) is 4.74 Å². The lowest BCUT2D eigenvalue weighted by Gasteiger charge is -2.28. The first-order valence-corrected chi connectivity index (χ1v) is 6.31. The molecule has 4 nitrogen and oxygen atoms in total. The lowest BCUT2D eigenvalue weighted by atomic mass is 9.95. The Morgan fingerprint density at radius 1 is 1.35 bits per heavy atom. The lowest BCUT2D eigenvalue weighted by molar-refractivity contribution is 0.0217. The van der Waals surface area contributed by atoms with Crippen LogP contribution in [0, 0.1) is 23.2 Å². The molecule has 1 amide bonds. The number of nitriles is 1. The number of hydrogen-bond acceptors (Lipinski definition) is 3. The maximum Gasteiger partial charge on any atom is 0.410 e. The van der Waals surface area contributed by atoms with Crippen LogP contribution in [0.5, 0.6) is 0 Å². The molecule has 0 aromatic heterocycles. The van der Waals surface area contributed by atoms with Gasteiger partial charge in [-0.25, -0.2) is 4.79 Å². The second-order valence-corrected chi connectivity index (χ2v) is 6.01. The average molecular weight is 236 g/mol. The zero-order valence-corrected chi connectivity index (χ0v) is 10.8. The van der Waals surface area contributed by atoms with Gasteiger partial charge >= 0.3 is 6.09 Å². The SMILES string of the molecule is CC(C)(C)OC(=O)N1CCC2C(C#N)CCC21.